The van der Waals surface area contributed by atoms with Crippen molar-refractivity contribution in [3.63, 3.8) is 0 Å². The van der Waals surface area contributed by atoms with Gasteiger partial charge in [-0.2, -0.15) is 0 Å². The molecular weight excluding hydrogens is 383 g/mol. The fourth-order valence-electron chi connectivity index (χ4n) is 2.48. The van der Waals surface area contributed by atoms with Crippen molar-refractivity contribution >= 4 is 45.5 Å². The van der Waals surface area contributed by atoms with Crippen LogP contribution in [0.5, 0.6) is 0 Å². The molecule has 0 saturated carbocycles. The number of thioether (sulfide) groups is 1. The molecule has 27 heavy (non-hydrogen) atoms. The number of para-hydroxylation sites is 2. The summed E-state index contributed by atoms with van der Waals surface area (Å²) in [6.45, 7) is 4.39. The number of hydrogen-bond acceptors (Lipinski definition) is 6. The Hall–Kier alpha value is -2.45. The number of hydrogen-bond donors (Lipinski definition) is 1. The Morgan fingerprint density at radius 2 is 1.89 bits per heavy atom. The van der Waals surface area contributed by atoms with Gasteiger partial charge in [-0.15, -0.1) is 10.2 Å². The van der Waals surface area contributed by atoms with Gasteiger partial charge < -0.3 is 10.2 Å². The van der Waals surface area contributed by atoms with Gasteiger partial charge in [0.05, 0.1) is 10.9 Å². The van der Waals surface area contributed by atoms with Gasteiger partial charge in [-0.05, 0) is 38.1 Å². The molecule has 3 rings (SSSR count). The third-order valence-electron chi connectivity index (χ3n) is 3.80. The van der Waals surface area contributed by atoms with Gasteiger partial charge in [0.15, 0.2) is 4.34 Å². The number of benzene rings is 2. The molecule has 1 heterocycles. The lowest BCUT2D eigenvalue weighted by atomic mass is 10.2. The molecule has 0 saturated heterocycles. The van der Waals surface area contributed by atoms with Gasteiger partial charge in [0.25, 0.3) is 0 Å². The molecule has 2 aromatic carbocycles. The van der Waals surface area contributed by atoms with Crippen LogP contribution in [0.1, 0.15) is 13.8 Å². The number of carbonyl (C=O) groups excluding carboxylic acids is 1. The molecule has 0 bridgehead atoms. The minimum absolute atomic E-state index is 0.00696. The molecule has 8 heteroatoms. The molecular formula is C19H19FN4OS2. The molecule has 0 fully saturated rings. The first kappa shape index (κ1) is 19.3. The van der Waals surface area contributed by atoms with Crippen molar-refractivity contribution in [3.8, 4) is 0 Å². The highest BCUT2D eigenvalue weighted by atomic mass is 32.2. The Bertz CT molecular complexity index is 903. The Kier molecular flexibility index (Phi) is 6.41. The van der Waals surface area contributed by atoms with Gasteiger partial charge in [0.2, 0.25) is 11.0 Å². The molecule has 0 aliphatic heterocycles. The maximum absolute atomic E-state index is 13.7. The molecule has 0 aliphatic rings. The van der Waals surface area contributed by atoms with E-state index in [2.05, 4.69) is 15.5 Å². The summed E-state index contributed by atoms with van der Waals surface area (Å²) < 4.78 is 14.4. The highest BCUT2D eigenvalue weighted by molar-refractivity contribution is 8.02. The number of carbonyl (C=O) groups is 1. The normalized spacial score (nSPS) is 11.8. The third-order valence-corrected chi connectivity index (χ3v) is 5.81. The predicted octanol–water partition coefficient (Wildman–Crippen LogP) is 4.95. The fraction of sp³-hybridized carbons (Fsp3) is 0.211. The van der Waals surface area contributed by atoms with E-state index in [1.54, 1.807) is 23.1 Å². The first-order valence-corrected chi connectivity index (χ1v) is 10.2. The predicted molar refractivity (Wildman–Crippen MR) is 109 cm³/mol. The van der Waals surface area contributed by atoms with Crippen molar-refractivity contribution in [2.24, 2.45) is 0 Å². The van der Waals surface area contributed by atoms with E-state index in [-0.39, 0.29) is 17.0 Å². The monoisotopic (exact) mass is 402 g/mol. The Morgan fingerprint density at radius 3 is 2.59 bits per heavy atom. The number of aromatic nitrogens is 2. The highest BCUT2D eigenvalue weighted by Gasteiger charge is 2.23. The molecule has 1 atom stereocenters. The van der Waals surface area contributed by atoms with E-state index in [0.717, 1.165) is 5.69 Å². The van der Waals surface area contributed by atoms with E-state index >= 15 is 0 Å². The minimum atomic E-state index is -0.355. The van der Waals surface area contributed by atoms with Crippen LogP contribution in [0.2, 0.25) is 0 Å². The summed E-state index contributed by atoms with van der Waals surface area (Å²) in [6.07, 6.45) is 0. The number of halogens is 1. The second kappa shape index (κ2) is 8.96. The zero-order valence-corrected chi connectivity index (χ0v) is 16.6. The average Bonchev–Trinajstić information content (AvgIpc) is 3.12. The second-order valence-electron chi connectivity index (χ2n) is 5.66. The van der Waals surface area contributed by atoms with Crippen molar-refractivity contribution in [2.45, 2.75) is 23.4 Å². The summed E-state index contributed by atoms with van der Waals surface area (Å²) in [4.78, 5) is 14.6. The molecule has 0 aliphatic carbocycles. The fourth-order valence-corrected chi connectivity index (χ4v) is 4.45. The van der Waals surface area contributed by atoms with Crippen LogP contribution < -0.4 is 10.2 Å². The number of anilines is 3. The standard InChI is InChI=1S/C19H19FN4OS2/c1-3-24(14-9-5-4-6-10-14)17(25)13(2)26-19-23-22-18(27-19)21-16-12-8-7-11-15(16)20/h4-13H,3H2,1-2H3,(H,21,22)/t13-/m1/s1. The van der Waals surface area contributed by atoms with Gasteiger partial charge in [0.1, 0.15) is 5.82 Å². The van der Waals surface area contributed by atoms with Gasteiger partial charge in [-0.3, -0.25) is 4.79 Å². The maximum Gasteiger partial charge on any atom is 0.240 e. The Labute approximate surface area is 165 Å². The largest absolute Gasteiger partial charge is 0.328 e. The number of nitrogens with zero attached hydrogens (tertiary/aromatic N) is 3. The number of amides is 1. The van der Waals surface area contributed by atoms with Gasteiger partial charge in [-0.25, -0.2) is 4.39 Å². The smallest absolute Gasteiger partial charge is 0.240 e. The average molecular weight is 403 g/mol. The minimum Gasteiger partial charge on any atom is -0.328 e. The summed E-state index contributed by atoms with van der Waals surface area (Å²) in [5.74, 6) is -0.348. The first-order chi connectivity index (χ1) is 13.1. The Balaban J connectivity index is 1.66. The SMILES string of the molecule is CCN(C(=O)[C@@H](C)Sc1nnc(Nc2ccccc2F)s1)c1ccccc1. The lowest BCUT2D eigenvalue weighted by Gasteiger charge is -2.23. The quantitative estimate of drug-likeness (QED) is 0.567. The molecule has 1 amide bonds. The molecule has 5 nitrogen and oxygen atoms in total. The van der Waals surface area contributed by atoms with Crippen LogP contribution in [0.4, 0.5) is 20.9 Å². The summed E-state index contributed by atoms with van der Waals surface area (Å²) in [7, 11) is 0. The van der Waals surface area contributed by atoms with E-state index in [9.17, 15) is 9.18 Å². The molecule has 140 valence electrons. The third kappa shape index (κ3) is 4.84. The summed E-state index contributed by atoms with van der Waals surface area (Å²) in [5, 5.41) is 11.2. The van der Waals surface area contributed by atoms with Crippen molar-refractivity contribution in [2.75, 3.05) is 16.8 Å². The van der Waals surface area contributed by atoms with Crippen molar-refractivity contribution in [1.29, 1.82) is 0 Å². The summed E-state index contributed by atoms with van der Waals surface area (Å²) in [5.41, 5.74) is 1.21. The number of nitrogens with one attached hydrogen (secondary N) is 1. The van der Waals surface area contributed by atoms with Gasteiger partial charge >= 0.3 is 0 Å². The van der Waals surface area contributed by atoms with Crippen LogP contribution in [-0.4, -0.2) is 27.9 Å². The second-order valence-corrected chi connectivity index (χ2v) is 8.22. The molecule has 3 aromatic rings. The lowest BCUT2D eigenvalue weighted by molar-refractivity contribution is -0.117. The van der Waals surface area contributed by atoms with Crippen molar-refractivity contribution in [3.05, 3.63) is 60.4 Å². The van der Waals surface area contributed by atoms with E-state index < -0.39 is 0 Å². The lowest BCUT2D eigenvalue weighted by Crippen LogP contribution is -2.36. The van der Waals surface area contributed by atoms with Crippen LogP contribution >= 0.6 is 23.1 Å². The molecule has 1 aromatic heterocycles. The Morgan fingerprint density at radius 1 is 1.19 bits per heavy atom. The van der Waals surface area contributed by atoms with Crippen molar-refractivity contribution < 1.29 is 9.18 Å². The highest BCUT2D eigenvalue weighted by Crippen LogP contribution is 2.32. The zero-order valence-electron chi connectivity index (χ0n) is 14.9. The molecule has 0 spiro atoms. The summed E-state index contributed by atoms with van der Waals surface area (Å²) in [6, 6.07) is 16.0. The van der Waals surface area contributed by atoms with E-state index in [1.165, 1.54) is 29.2 Å². The molecule has 1 N–H and O–H groups in total. The molecule has 0 unspecified atom stereocenters. The van der Waals surface area contributed by atoms with Crippen molar-refractivity contribution in [1.82, 2.24) is 10.2 Å². The van der Waals surface area contributed by atoms with Crippen LogP contribution in [0.15, 0.2) is 58.9 Å². The first-order valence-electron chi connectivity index (χ1n) is 8.46. The van der Waals surface area contributed by atoms with Crippen LogP contribution in [0.3, 0.4) is 0 Å². The van der Waals surface area contributed by atoms with Crippen LogP contribution in [0.25, 0.3) is 0 Å². The van der Waals surface area contributed by atoms with Crippen LogP contribution in [-0.2, 0) is 4.79 Å². The van der Waals surface area contributed by atoms with E-state index in [4.69, 9.17) is 0 Å². The summed E-state index contributed by atoms with van der Waals surface area (Å²) >= 11 is 2.64. The zero-order chi connectivity index (χ0) is 19.2. The topological polar surface area (TPSA) is 58.1 Å². The van der Waals surface area contributed by atoms with E-state index in [1.807, 2.05) is 44.2 Å². The molecule has 0 radical (unpaired) electrons. The van der Waals surface area contributed by atoms with Gasteiger partial charge in [0, 0.05) is 12.2 Å². The maximum atomic E-state index is 13.7. The van der Waals surface area contributed by atoms with E-state index in [0.29, 0.717) is 21.7 Å². The number of rotatable bonds is 7. The van der Waals surface area contributed by atoms with Gasteiger partial charge in [-0.1, -0.05) is 53.4 Å². The van der Waals surface area contributed by atoms with Crippen LogP contribution in [0, 0.1) is 5.82 Å².